The lowest BCUT2D eigenvalue weighted by Gasteiger charge is -2.23. The summed E-state index contributed by atoms with van der Waals surface area (Å²) in [4.78, 5) is 26.2. The number of anilines is 2. The highest BCUT2D eigenvalue weighted by atomic mass is 16.5. The van der Waals surface area contributed by atoms with Gasteiger partial charge < -0.3 is 15.0 Å². The number of para-hydroxylation sites is 3. The van der Waals surface area contributed by atoms with Crippen molar-refractivity contribution in [3.05, 3.63) is 84.4 Å². The molecule has 0 saturated heterocycles. The van der Waals surface area contributed by atoms with Gasteiger partial charge in [-0.25, -0.2) is 0 Å². The molecule has 0 saturated carbocycles. The van der Waals surface area contributed by atoms with E-state index in [4.69, 9.17) is 4.74 Å². The fourth-order valence-electron chi connectivity index (χ4n) is 2.99. The van der Waals surface area contributed by atoms with E-state index < -0.39 is 0 Å². The standard InChI is InChI=1S/C24H24N2O3/c1-18-9-8-10-20(17-18)25-24(28)15-16-26(19(2)27)22-13-6-7-14-23(22)29-21-11-4-3-5-12-21/h3-14,17H,15-16H2,1-2H3,(H,25,28). The summed E-state index contributed by atoms with van der Waals surface area (Å²) in [5.41, 5.74) is 2.45. The average molecular weight is 388 g/mol. The number of rotatable bonds is 7. The molecule has 0 atom stereocenters. The van der Waals surface area contributed by atoms with Crippen molar-refractivity contribution in [1.82, 2.24) is 0 Å². The van der Waals surface area contributed by atoms with Gasteiger partial charge in [-0.15, -0.1) is 0 Å². The summed E-state index contributed by atoms with van der Waals surface area (Å²) >= 11 is 0. The Hall–Kier alpha value is -3.60. The highest BCUT2D eigenvalue weighted by Crippen LogP contribution is 2.32. The van der Waals surface area contributed by atoms with E-state index in [0.29, 0.717) is 17.2 Å². The summed E-state index contributed by atoms with van der Waals surface area (Å²) in [6, 6.07) is 24.3. The maximum Gasteiger partial charge on any atom is 0.226 e. The van der Waals surface area contributed by atoms with Crippen molar-refractivity contribution in [1.29, 1.82) is 0 Å². The second kappa shape index (κ2) is 9.55. The Morgan fingerprint density at radius 2 is 1.66 bits per heavy atom. The first-order valence-electron chi connectivity index (χ1n) is 9.49. The zero-order valence-corrected chi connectivity index (χ0v) is 16.6. The van der Waals surface area contributed by atoms with E-state index in [9.17, 15) is 9.59 Å². The van der Waals surface area contributed by atoms with E-state index in [2.05, 4.69) is 5.32 Å². The van der Waals surface area contributed by atoms with Crippen LogP contribution in [0.1, 0.15) is 18.9 Å². The van der Waals surface area contributed by atoms with Crippen LogP contribution in [-0.4, -0.2) is 18.4 Å². The number of aryl methyl sites for hydroxylation is 1. The van der Waals surface area contributed by atoms with Crippen LogP contribution in [0.2, 0.25) is 0 Å². The summed E-state index contributed by atoms with van der Waals surface area (Å²) < 4.78 is 5.96. The molecule has 0 unspecified atom stereocenters. The molecular formula is C24H24N2O3. The van der Waals surface area contributed by atoms with Crippen LogP contribution in [0.15, 0.2) is 78.9 Å². The number of benzene rings is 3. The highest BCUT2D eigenvalue weighted by Gasteiger charge is 2.18. The Balaban J connectivity index is 1.71. The Morgan fingerprint density at radius 1 is 0.931 bits per heavy atom. The first-order chi connectivity index (χ1) is 14.0. The van der Waals surface area contributed by atoms with Crippen molar-refractivity contribution < 1.29 is 14.3 Å². The molecule has 5 heteroatoms. The third kappa shape index (κ3) is 5.69. The first kappa shape index (κ1) is 20.1. The number of ether oxygens (including phenoxy) is 1. The van der Waals surface area contributed by atoms with Crippen molar-refractivity contribution in [3.63, 3.8) is 0 Å². The largest absolute Gasteiger partial charge is 0.455 e. The molecule has 2 amide bonds. The van der Waals surface area contributed by atoms with Crippen molar-refractivity contribution >= 4 is 23.2 Å². The van der Waals surface area contributed by atoms with Crippen LogP contribution < -0.4 is 15.0 Å². The molecule has 0 radical (unpaired) electrons. The van der Waals surface area contributed by atoms with Crippen LogP contribution in [0.3, 0.4) is 0 Å². The zero-order chi connectivity index (χ0) is 20.6. The Bertz CT molecular complexity index is 986. The van der Waals surface area contributed by atoms with Crippen LogP contribution in [0, 0.1) is 6.92 Å². The maximum atomic E-state index is 12.4. The average Bonchev–Trinajstić information content (AvgIpc) is 2.70. The number of nitrogens with zero attached hydrogens (tertiary/aromatic N) is 1. The second-order valence-electron chi connectivity index (χ2n) is 6.72. The minimum Gasteiger partial charge on any atom is -0.455 e. The van der Waals surface area contributed by atoms with Crippen molar-refractivity contribution in [2.24, 2.45) is 0 Å². The number of hydrogen-bond donors (Lipinski definition) is 1. The minimum atomic E-state index is -0.155. The Kier molecular flexibility index (Phi) is 6.63. The van der Waals surface area contributed by atoms with Crippen molar-refractivity contribution in [2.45, 2.75) is 20.3 Å². The third-order valence-corrected chi connectivity index (χ3v) is 4.37. The van der Waals surface area contributed by atoms with Gasteiger partial charge in [-0.1, -0.05) is 42.5 Å². The van der Waals surface area contributed by atoms with Crippen LogP contribution in [0.4, 0.5) is 11.4 Å². The predicted octanol–water partition coefficient (Wildman–Crippen LogP) is 5.17. The molecule has 0 aliphatic carbocycles. The fourth-order valence-corrected chi connectivity index (χ4v) is 2.99. The number of carbonyl (C=O) groups excluding carboxylic acids is 2. The van der Waals surface area contributed by atoms with Gasteiger partial charge in [0.15, 0.2) is 5.75 Å². The molecular weight excluding hydrogens is 364 g/mol. The number of hydrogen-bond acceptors (Lipinski definition) is 3. The summed E-state index contributed by atoms with van der Waals surface area (Å²) in [5.74, 6) is 0.939. The Morgan fingerprint density at radius 3 is 2.38 bits per heavy atom. The molecule has 29 heavy (non-hydrogen) atoms. The molecule has 3 aromatic rings. The fraction of sp³-hybridized carbons (Fsp3) is 0.167. The molecule has 5 nitrogen and oxygen atoms in total. The molecule has 3 aromatic carbocycles. The molecule has 0 spiro atoms. The zero-order valence-electron chi connectivity index (χ0n) is 16.6. The normalized spacial score (nSPS) is 10.3. The minimum absolute atomic E-state index is 0.150. The van der Waals surface area contributed by atoms with Crippen LogP contribution in [0.25, 0.3) is 0 Å². The first-order valence-corrected chi connectivity index (χ1v) is 9.49. The third-order valence-electron chi connectivity index (χ3n) is 4.37. The lowest BCUT2D eigenvalue weighted by molar-refractivity contribution is -0.117. The van der Waals surface area contributed by atoms with E-state index in [1.807, 2.05) is 85.8 Å². The monoisotopic (exact) mass is 388 g/mol. The van der Waals surface area contributed by atoms with Gasteiger partial charge >= 0.3 is 0 Å². The number of amides is 2. The van der Waals surface area contributed by atoms with Gasteiger partial charge in [0.1, 0.15) is 5.75 Å². The molecule has 148 valence electrons. The van der Waals surface area contributed by atoms with Crippen molar-refractivity contribution in [3.8, 4) is 11.5 Å². The topological polar surface area (TPSA) is 58.6 Å². The lowest BCUT2D eigenvalue weighted by atomic mass is 10.2. The molecule has 0 aliphatic rings. The molecule has 3 rings (SSSR count). The molecule has 0 bridgehead atoms. The quantitative estimate of drug-likeness (QED) is 0.607. The van der Waals surface area contributed by atoms with Gasteiger partial charge in [0.2, 0.25) is 11.8 Å². The second-order valence-corrected chi connectivity index (χ2v) is 6.72. The maximum absolute atomic E-state index is 12.4. The van der Waals surface area contributed by atoms with Gasteiger partial charge in [-0.05, 0) is 48.9 Å². The smallest absolute Gasteiger partial charge is 0.226 e. The SMILES string of the molecule is CC(=O)N(CCC(=O)Nc1cccc(C)c1)c1ccccc1Oc1ccccc1. The van der Waals surface area contributed by atoms with E-state index in [0.717, 1.165) is 11.3 Å². The summed E-state index contributed by atoms with van der Waals surface area (Å²) in [5, 5.41) is 2.87. The van der Waals surface area contributed by atoms with Crippen LogP contribution >= 0.6 is 0 Å². The molecule has 0 fully saturated rings. The molecule has 0 aromatic heterocycles. The van der Waals surface area contributed by atoms with Crippen molar-refractivity contribution in [2.75, 3.05) is 16.8 Å². The summed E-state index contributed by atoms with van der Waals surface area (Å²) in [7, 11) is 0. The Labute approximate surface area is 170 Å². The van der Waals surface area contributed by atoms with E-state index >= 15 is 0 Å². The van der Waals surface area contributed by atoms with E-state index in [1.165, 1.54) is 6.92 Å². The predicted molar refractivity (Wildman–Crippen MR) is 115 cm³/mol. The van der Waals surface area contributed by atoms with E-state index in [1.54, 1.807) is 4.90 Å². The molecule has 1 N–H and O–H groups in total. The van der Waals surface area contributed by atoms with Crippen LogP contribution in [0.5, 0.6) is 11.5 Å². The van der Waals surface area contributed by atoms with Gasteiger partial charge in [-0.3, -0.25) is 9.59 Å². The van der Waals surface area contributed by atoms with Gasteiger partial charge in [0.05, 0.1) is 5.69 Å². The van der Waals surface area contributed by atoms with E-state index in [-0.39, 0.29) is 24.8 Å². The van der Waals surface area contributed by atoms with Gasteiger partial charge in [-0.2, -0.15) is 0 Å². The van der Waals surface area contributed by atoms with Gasteiger partial charge in [0, 0.05) is 25.6 Å². The van der Waals surface area contributed by atoms with Crippen LogP contribution in [-0.2, 0) is 9.59 Å². The summed E-state index contributed by atoms with van der Waals surface area (Å²) in [6.07, 6.45) is 0.174. The highest BCUT2D eigenvalue weighted by molar-refractivity contribution is 5.95. The van der Waals surface area contributed by atoms with Gasteiger partial charge in [0.25, 0.3) is 0 Å². The number of carbonyl (C=O) groups is 2. The number of nitrogens with one attached hydrogen (secondary N) is 1. The molecule has 0 aliphatic heterocycles. The summed E-state index contributed by atoms with van der Waals surface area (Å²) in [6.45, 7) is 3.71. The molecule has 0 heterocycles. The lowest BCUT2D eigenvalue weighted by Crippen LogP contribution is -2.32.